The van der Waals surface area contributed by atoms with E-state index in [9.17, 15) is 14.7 Å². The number of esters is 1. The van der Waals surface area contributed by atoms with Crippen LogP contribution in [0.25, 0.3) is 0 Å². The Hall–Kier alpha value is -2.62. The molecule has 0 spiro atoms. The fourth-order valence-electron chi connectivity index (χ4n) is 3.98. The molecule has 40 heavy (non-hydrogen) atoms. The van der Waals surface area contributed by atoms with Crippen LogP contribution in [0.4, 0.5) is 0 Å². The van der Waals surface area contributed by atoms with E-state index < -0.39 is 18.0 Å². The Balaban J connectivity index is 3.85. The van der Waals surface area contributed by atoms with E-state index in [2.05, 4.69) is 86.8 Å². The molecular weight excluding hydrogens is 496 g/mol. The minimum Gasteiger partial charge on any atom is -0.479 e. The summed E-state index contributed by atoms with van der Waals surface area (Å²) < 4.78 is 5.23. The number of carbonyl (C=O) groups is 2. The number of hydrogen-bond donors (Lipinski definition) is 1. The maximum atomic E-state index is 12.1. The molecule has 1 atom stereocenters. The van der Waals surface area contributed by atoms with Crippen LogP contribution in [0, 0.1) is 0 Å². The third-order valence-electron chi connectivity index (χ3n) is 6.43. The summed E-state index contributed by atoms with van der Waals surface area (Å²) in [5, 5.41) is 9.40. The first-order valence-corrected chi connectivity index (χ1v) is 15.9. The zero-order valence-corrected chi connectivity index (χ0v) is 25.6. The van der Waals surface area contributed by atoms with Crippen LogP contribution in [0.5, 0.6) is 0 Å². The van der Waals surface area contributed by atoms with Crippen LogP contribution in [-0.2, 0) is 14.3 Å². The molecular formula is C36H58O4. The summed E-state index contributed by atoms with van der Waals surface area (Å²) in [5.74, 6) is -1.48. The van der Waals surface area contributed by atoms with Crippen molar-refractivity contribution in [3.63, 3.8) is 0 Å². The molecule has 0 aromatic rings. The van der Waals surface area contributed by atoms with Gasteiger partial charge in [0, 0.05) is 6.42 Å². The van der Waals surface area contributed by atoms with Gasteiger partial charge in [0.1, 0.15) is 0 Å². The first-order chi connectivity index (χ1) is 19.6. The summed E-state index contributed by atoms with van der Waals surface area (Å²) in [6.07, 6.45) is 43.5. The van der Waals surface area contributed by atoms with E-state index in [1.165, 1.54) is 51.4 Å². The van der Waals surface area contributed by atoms with E-state index in [4.69, 9.17) is 4.74 Å². The molecule has 0 fully saturated rings. The molecule has 1 N–H and O–H groups in total. The molecule has 226 valence electrons. The van der Waals surface area contributed by atoms with E-state index in [0.29, 0.717) is 19.3 Å². The van der Waals surface area contributed by atoms with E-state index in [1.54, 1.807) is 0 Å². The van der Waals surface area contributed by atoms with Crippen molar-refractivity contribution in [1.82, 2.24) is 0 Å². The molecule has 0 saturated heterocycles. The Bertz CT molecular complexity index is 770. The van der Waals surface area contributed by atoms with E-state index in [0.717, 1.165) is 44.9 Å². The minimum absolute atomic E-state index is 0.266. The summed E-state index contributed by atoms with van der Waals surface area (Å²) >= 11 is 0. The lowest BCUT2D eigenvalue weighted by molar-refractivity contribution is -0.164. The van der Waals surface area contributed by atoms with Crippen molar-refractivity contribution in [3.05, 3.63) is 72.9 Å². The highest BCUT2D eigenvalue weighted by molar-refractivity contribution is 5.77. The van der Waals surface area contributed by atoms with Crippen LogP contribution >= 0.6 is 0 Å². The van der Waals surface area contributed by atoms with Gasteiger partial charge in [-0.25, -0.2) is 4.79 Å². The second kappa shape index (κ2) is 30.9. The van der Waals surface area contributed by atoms with Gasteiger partial charge >= 0.3 is 11.9 Å². The first kappa shape index (κ1) is 37.4. The molecule has 0 amide bonds. The summed E-state index contributed by atoms with van der Waals surface area (Å²) in [6.45, 7) is 4.45. The molecule has 0 saturated carbocycles. The maximum Gasteiger partial charge on any atom is 0.345 e. The van der Waals surface area contributed by atoms with E-state index >= 15 is 0 Å². The SMILES string of the molecule is CCCCC/C=C\C/C=C\C/C=C\CCCC(OC(=O)CCCC/C=C/C/C=C/C/C=C/CCCCC)C(=O)O. The Morgan fingerprint density at radius 2 is 0.925 bits per heavy atom. The lowest BCUT2D eigenvalue weighted by atomic mass is 10.1. The monoisotopic (exact) mass is 554 g/mol. The highest BCUT2D eigenvalue weighted by Crippen LogP contribution is 2.10. The molecule has 4 heteroatoms. The van der Waals surface area contributed by atoms with Crippen molar-refractivity contribution < 1.29 is 19.4 Å². The fourth-order valence-corrected chi connectivity index (χ4v) is 3.98. The number of carbonyl (C=O) groups excluding carboxylic acids is 1. The number of aliphatic carboxylic acids is 1. The van der Waals surface area contributed by atoms with Gasteiger partial charge in [-0.1, -0.05) is 112 Å². The van der Waals surface area contributed by atoms with Gasteiger partial charge in [0.15, 0.2) is 6.10 Å². The normalized spacial score (nSPS) is 13.2. The van der Waals surface area contributed by atoms with Gasteiger partial charge in [-0.3, -0.25) is 4.79 Å². The van der Waals surface area contributed by atoms with Gasteiger partial charge in [0.05, 0.1) is 0 Å². The van der Waals surface area contributed by atoms with Crippen LogP contribution < -0.4 is 0 Å². The molecule has 4 nitrogen and oxygen atoms in total. The lowest BCUT2D eigenvalue weighted by Crippen LogP contribution is -2.26. The third kappa shape index (κ3) is 28.4. The highest BCUT2D eigenvalue weighted by atomic mass is 16.6. The van der Waals surface area contributed by atoms with Crippen molar-refractivity contribution >= 4 is 11.9 Å². The van der Waals surface area contributed by atoms with Gasteiger partial charge in [-0.2, -0.15) is 0 Å². The number of allylic oxidation sites excluding steroid dienone is 12. The molecule has 0 heterocycles. The van der Waals surface area contributed by atoms with Gasteiger partial charge in [-0.05, 0) is 89.9 Å². The summed E-state index contributed by atoms with van der Waals surface area (Å²) in [7, 11) is 0. The highest BCUT2D eigenvalue weighted by Gasteiger charge is 2.21. The summed E-state index contributed by atoms with van der Waals surface area (Å²) in [4.78, 5) is 23.6. The van der Waals surface area contributed by atoms with Crippen molar-refractivity contribution in [2.75, 3.05) is 0 Å². The largest absolute Gasteiger partial charge is 0.479 e. The van der Waals surface area contributed by atoms with Crippen molar-refractivity contribution in [2.24, 2.45) is 0 Å². The zero-order chi connectivity index (χ0) is 29.4. The molecule has 0 rings (SSSR count). The zero-order valence-electron chi connectivity index (χ0n) is 25.6. The van der Waals surface area contributed by atoms with Gasteiger partial charge < -0.3 is 9.84 Å². The number of ether oxygens (including phenoxy) is 1. The summed E-state index contributed by atoms with van der Waals surface area (Å²) in [6, 6.07) is 0. The number of hydrogen-bond acceptors (Lipinski definition) is 3. The van der Waals surface area contributed by atoms with Crippen molar-refractivity contribution in [1.29, 1.82) is 0 Å². The predicted molar refractivity (Wildman–Crippen MR) is 171 cm³/mol. The van der Waals surface area contributed by atoms with Gasteiger partial charge in [-0.15, -0.1) is 0 Å². The first-order valence-electron chi connectivity index (χ1n) is 15.9. The second-order valence-electron chi connectivity index (χ2n) is 10.3. The van der Waals surface area contributed by atoms with Crippen LogP contribution in [0.1, 0.15) is 136 Å². The molecule has 0 aromatic carbocycles. The lowest BCUT2D eigenvalue weighted by Gasteiger charge is -2.13. The Kier molecular flexibility index (Phi) is 28.9. The van der Waals surface area contributed by atoms with E-state index in [1.807, 2.05) is 0 Å². The smallest absolute Gasteiger partial charge is 0.345 e. The molecule has 0 aromatic heterocycles. The van der Waals surface area contributed by atoms with Crippen LogP contribution in [0.3, 0.4) is 0 Å². The Morgan fingerprint density at radius 1 is 0.550 bits per heavy atom. The fraction of sp³-hybridized carbons (Fsp3) is 0.611. The van der Waals surface area contributed by atoms with Crippen molar-refractivity contribution in [2.45, 2.75) is 142 Å². The molecule has 0 bridgehead atoms. The maximum absolute atomic E-state index is 12.1. The standard InChI is InChI=1S/C36H58O4/c1-3-5-7-9-11-13-15-17-19-21-23-25-27-29-31-33-35(37)40-34(36(38)39)32-30-28-26-24-22-20-18-16-14-12-10-8-6-4-2/h11-14,17-20,23-26,34H,3-10,15-16,21-22,27-33H2,1-2H3,(H,38,39)/b13-11+,14-12-,19-17+,20-18-,25-23+,26-24-. The van der Waals surface area contributed by atoms with Gasteiger partial charge in [0.25, 0.3) is 0 Å². The molecule has 0 aliphatic carbocycles. The van der Waals surface area contributed by atoms with Crippen LogP contribution in [-0.4, -0.2) is 23.1 Å². The molecule has 0 radical (unpaired) electrons. The number of carboxylic acid groups (broad SMARTS) is 1. The van der Waals surface area contributed by atoms with Crippen LogP contribution in [0.15, 0.2) is 72.9 Å². The molecule has 1 unspecified atom stereocenters. The Labute approximate surface area is 246 Å². The average Bonchev–Trinajstić information content (AvgIpc) is 2.94. The van der Waals surface area contributed by atoms with Gasteiger partial charge in [0.2, 0.25) is 0 Å². The topological polar surface area (TPSA) is 63.6 Å². The average molecular weight is 555 g/mol. The molecule has 0 aliphatic rings. The Morgan fingerprint density at radius 3 is 1.32 bits per heavy atom. The minimum atomic E-state index is -1.06. The third-order valence-corrected chi connectivity index (χ3v) is 6.43. The van der Waals surface area contributed by atoms with Crippen LogP contribution in [0.2, 0.25) is 0 Å². The summed E-state index contributed by atoms with van der Waals surface area (Å²) in [5.41, 5.74) is 0. The number of rotatable bonds is 27. The molecule has 0 aliphatic heterocycles. The quantitative estimate of drug-likeness (QED) is 0.0623. The second-order valence-corrected chi connectivity index (χ2v) is 10.3. The van der Waals surface area contributed by atoms with E-state index in [-0.39, 0.29) is 6.42 Å². The van der Waals surface area contributed by atoms with Crippen molar-refractivity contribution in [3.8, 4) is 0 Å². The predicted octanol–water partition coefficient (Wildman–Crippen LogP) is 10.8. The number of carboxylic acids is 1. The number of unbranched alkanes of at least 4 members (excludes halogenated alkanes) is 9.